The molecule has 1 aromatic heterocycles. The Labute approximate surface area is 91.2 Å². The normalized spacial score (nSPS) is 11.9. The number of nitro groups is 1. The van der Waals surface area contributed by atoms with Gasteiger partial charge in [-0.05, 0) is 19.9 Å². The molecule has 6 nitrogen and oxygen atoms in total. The van der Waals surface area contributed by atoms with Crippen molar-refractivity contribution < 1.29 is 9.34 Å². The summed E-state index contributed by atoms with van der Waals surface area (Å²) in [5.74, 6) is 0.289. The lowest BCUT2D eigenvalue weighted by molar-refractivity contribution is -0.383. The summed E-state index contributed by atoms with van der Waals surface area (Å²) >= 11 is 0. The van der Waals surface area contributed by atoms with Crippen molar-refractivity contribution in [2.75, 3.05) is 0 Å². The van der Waals surface area contributed by atoms with Gasteiger partial charge in [0, 0.05) is 6.07 Å². The van der Waals surface area contributed by atoms with Crippen molar-refractivity contribution in [3.8, 4) is 0 Å². The molecule has 2 rings (SSSR count). The highest BCUT2D eigenvalue weighted by atomic mass is 16.6. The molecular weight excluding hydrogens is 210 g/mol. The van der Waals surface area contributed by atoms with Gasteiger partial charge in [-0.2, -0.15) is 0 Å². The van der Waals surface area contributed by atoms with Crippen molar-refractivity contribution in [2.24, 2.45) is 5.73 Å². The minimum atomic E-state index is -0.757. The molecule has 0 saturated heterocycles. The number of nitrogens with two attached hydrogens (primary N) is 1. The summed E-state index contributed by atoms with van der Waals surface area (Å²) in [7, 11) is 0. The van der Waals surface area contributed by atoms with E-state index in [4.69, 9.17) is 10.2 Å². The first-order valence-electron chi connectivity index (χ1n) is 4.73. The van der Waals surface area contributed by atoms with E-state index < -0.39 is 10.5 Å². The third-order valence-electron chi connectivity index (χ3n) is 2.15. The van der Waals surface area contributed by atoms with Crippen LogP contribution in [-0.2, 0) is 5.54 Å². The Morgan fingerprint density at radius 1 is 1.50 bits per heavy atom. The number of rotatable bonds is 2. The molecule has 0 aliphatic carbocycles. The minimum absolute atomic E-state index is 0.0725. The molecule has 0 atom stereocenters. The predicted octanol–water partition coefficient (Wildman–Crippen LogP) is 1.93. The molecule has 2 aromatic rings. The molecule has 2 N–H and O–H groups in total. The van der Waals surface area contributed by atoms with Gasteiger partial charge in [-0.25, -0.2) is 4.98 Å². The molecule has 0 amide bonds. The molecule has 0 aliphatic rings. The van der Waals surface area contributed by atoms with Crippen LogP contribution in [0.4, 0.5) is 5.69 Å². The van der Waals surface area contributed by atoms with Gasteiger partial charge in [0.05, 0.1) is 10.5 Å². The maximum Gasteiger partial charge on any atom is 0.298 e. The topological polar surface area (TPSA) is 95.2 Å². The lowest BCUT2D eigenvalue weighted by Gasteiger charge is -2.11. The number of fused-ring (bicyclic) bond motifs is 1. The monoisotopic (exact) mass is 221 g/mol. The number of aromatic nitrogens is 1. The van der Waals surface area contributed by atoms with E-state index in [-0.39, 0.29) is 17.1 Å². The Bertz CT molecular complexity index is 554. The van der Waals surface area contributed by atoms with Crippen molar-refractivity contribution in [1.82, 2.24) is 4.98 Å². The van der Waals surface area contributed by atoms with E-state index in [1.807, 2.05) is 0 Å². The van der Waals surface area contributed by atoms with E-state index in [0.717, 1.165) is 0 Å². The molecule has 1 aromatic carbocycles. The molecular formula is C10H11N3O3. The summed E-state index contributed by atoms with van der Waals surface area (Å²) in [5, 5.41) is 10.8. The SMILES string of the molecule is CC(C)(N)c1nc2c([N+](=O)[O-])cccc2o1. The molecule has 0 spiro atoms. The van der Waals surface area contributed by atoms with Crippen LogP contribution in [0.15, 0.2) is 22.6 Å². The quantitative estimate of drug-likeness (QED) is 0.617. The highest BCUT2D eigenvalue weighted by Crippen LogP contribution is 2.28. The minimum Gasteiger partial charge on any atom is -0.438 e. The molecule has 6 heteroatoms. The first-order valence-corrected chi connectivity index (χ1v) is 4.73. The number of nitrogens with zero attached hydrogens (tertiary/aromatic N) is 2. The van der Waals surface area contributed by atoms with Crippen molar-refractivity contribution in [3.05, 3.63) is 34.2 Å². The fraction of sp³-hybridized carbons (Fsp3) is 0.300. The third-order valence-corrected chi connectivity index (χ3v) is 2.15. The molecule has 0 radical (unpaired) electrons. The van der Waals surface area contributed by atoms with E-state index in [2.05, 4.69) is 4.98 Å². The van der Waals surface area contributed by atoms with Crippen molar-refractivity contribution >= 4 is 16.8 Å². The van der Waals surface area contributed by atoms with Gasteiger partial charge < -0.3 is 10.2 Å². The van der Waals surface area contributed by atoms with Gasteiger partial charge in [0.1, 0.15) is 0 Å². The number of non-ortho nitro benzene ring substituents is 1. The van der Waals surface area contributed by atoms with Crippen LogP contribution in [0.3, 0.4) is 0 Å². The van der Waals surface area contributed by atoms with Crippen LogP contribution >= 0.6 is 0 Å². The maximum absolute atomic E-state index is 10.8. The molecule has 84 valence electrons. The summed E-state index contributed by atoms with van der Waals surface area (Å²) in [4.78, 5) is 14.4. The van der Waals surface area contributed by atoms with Gasteiger partial charge in [0.25, 0.3) is 5.69 Å². The van der Waals surface area contributed by atoms with Gasteiger partial charge in [-0.15, -0.1) is 0 Å². The summed E-state index contributed by atoms with van der Waals surface area (Å²) in [6.45, 7) is 3.45. The second-order valence-corrected chi connectivity index (χ2v) is 4.12. The Balaban J connectivity index is 2.71. The molecule has 1 heterocycles. The highest BCUT2D eigenvalue weighted by Gasteiger charge is 2.24. The summed E-state index contributed by atoms with van der Waals surface area (Å²) in [5.41, 5.74) is 5.61. The van der Waals surface area contributed by atoms with Crippen molar-refractivity contribution in [3.63, 3.8) is 0 Å². The van der Waals surface area contributed by atoms with Gasteiger partial charge in [0.15, 0.2) is 11.1 Å². The van der Waals surface area contributed by atoms with E-state index in [1.54, 1.807) is 26.0 Å². The number of nitro benzene ring substituents is 1. The number of oxazole rings is 1. The lowest BCUT2D eigenvalue weighted by Crippen LogP contribution is -2.28. The first-order chi connectivity index (χ1) is 7.39. The fourth-order valence-corrected chi connectivity index (χ4v) is 1.36. The van der Waals surface area contributed by atoms with E-state index in [0.29, 0.717) is 5.58 Å². The Kier molecular flexibility index (Phi) is 2.16. The van der Waals surface area contributed by atoms with Gasteiger partial charge >= 0.3 is 0 Å². The molecule has 16 heavy (non-hydrogen) atoms. The van der Waals surface area contributed by atoms with Crippen LogP contribution in [0, 0.1) is 10.1 Å². The van der Waals surface area contributed by atoms with Crippen molar-refractivity contribution in [2.45, 2.75) is 19.4 Å². The summed E-state index contributed by atoms with van der Waals surface area (Å²) < 4.78 is 5.38. The fourth-order valence-electron chi connectivity index (χ4n) is 1.36. The number of hydrogen-bond donors (Lipinski definition) is 1. The molecule has 0 bridgehead atoms. The number of hydrogen-bond acceptors (Lipinski definition) is 5. The van der Waals surface area contributed by atoms with E-state index in [1.165, 1.54) is 6.07 Å². The van der Waals surface area contributed by atoms with Crippen LogP contribution in [0.25, 0.3) is 11.1 Å². The Morgan fingerprint density at radius 2 is 2.19 bits per heavy atom. The highest BCUT2D eigenvalue weighted by molar-refractivity contribution is 5.82. The third kappa shape index (κ3) is 1.63. The van der Waals surface area contributed by atoms with Gasteiger partial charge in [-0.1, -0.05) is 6.07 Å². The van der Waals surface area contributed by atoms with Crippen LogP contribution < -0.4 is 5.73 Å². The second kappa shape index (κ2) is 3.28. The lowest BCUT2D eigenvalue weighted by atomic mass is 10.1. The first kappa shape index (κ1) is 10.6. The number of para-hydroxylation sites is 1. The summed E-state index contributed by atoms with van der Waals surface area (Å²) in [6, 6.07) is 4.57. The van der Waals surface area contributed by atoms with Crippen LogP contribution in [0.1, 0.15) is 19.7 Å². The van der Waals surface area contributed by atoms with E-state index in [9.17, 15) is 10.1 Å². The van der Waals surface area contributed by atoms with Gasteiger partial charge in [-0.3, -0.25) is 10.1 Å². The Morgan fingerprint density at radius 3 is 2.75 bits per heavy atom. The average molecular weight is 221 g/mol. The molecule has 0 unspecified atom stereocenters. The smallest absolute Gasteiger partial charge is 0.298 e. The van der Waals surface area contributed by atoms with Gasteiger partial charge in [0.2, 0.25) is 5.89 Å². The standard InChI is InChI=1S/C10H11N3O3/c1-10(2,11)9-12-8-6(13(14)15)4-3-5-7(8)16-9/h3-5H,11H2,1-2H3. The summed E-state index contributed by atoms with van der Waals surface area (Å²) in [6.07, 6.45) is 0. The molecule has 0 saturated carbocycles. The zero-order valence-corrected chi connectivity index (χ0v) is 8.93. The Hall–Kier alpha value is -1.95. The van der Waals surface area contributed by atoms with Crippen LogP contribution in [0.2, 0.25) is 0 Å². The predicted molar refractivity (Wildman–Crippen MR) is 57.9 cm³/mol. The maximum atomic E-state index is 10.8. The zero-order valence-electron chi connectivity index (χ0n) is 8.93. The zero-order chi connectivity index (χ0) is 11.9. The average Bonchev–Trinajstić information content (AvgIpc) is 2.59. The molecule has 0 aliphatic heterocycles. The van der Waals surface area contributed by atoms with Crippen LogP contribution in [-0.4, -0.2) is 9.91 Å². The second-order valence-electron chi connectivity index (χ2n) is 4.12. The van der Waals surface area contributed by atoms with Crippen molar-refractivity contribution in [1.29, 1.82) is 0 Å². The molecule has 0 fully saturated rings. The number of benzene rings is 1. The van der Waals surface area contributed by atoms with Crippen LogP contribution in [0.5, 0.6) is 0 Å². The largest absolute Gasteiger partial charge is 0.438 e. The van der Waals surface area contributed by atoms with E-state index >= 15 is 0 Å².